The zero-order valence-corrected chi connectivity index (χ0v) is 30.0. The molecule has 8 rings (SSSR count). The number of carboxylic acid groups (broad SMARTS) is 1. The number of benzene rings is 3. The lowest BCUT2D eigenvalue weighted by Crippen LogP contribution is -2.30. The Bertz CT molecular complexity index is 2330. The van der Waals surface area contributed by atoms with E-state index in [2.05, 4.69) is 22.7 Å². The van der Waals surface area contributed by atoms with Gasteiger partial charge in [0, 0.05) is 65.4 Å². The highest BCUT2D eigenvalue weighted by Gasteiger charge is 2.34. The number of aromatic carboxylic acids is 1. The van der Waals surface area contributed by atoms with Crippen LogP contribution in [0.25, 0.3) is 32.8 Å². The summed E-state index contributed by atoms with van der Waals surface area (Å²) >= 11 is 8.76. The number of thioether (sulfide) groups is 1. The molecule has 12 heteroatoms. The van der Waals surface area contributed by atoms with Crippen molar-refractivity contribution >= 4 is 51.0 Å². The molecule has 50 heavy (non-hydrogen) atoms. The first kappa shape index (κ1) is 32.9. The van der Waals surface area contributed by atoms with E-state index in [9.17, 15) is 14.3 Å². The summed E-state index contributed by atoms with van der Waals surface area (Å²) in [6.45, 7) is 3.81. The molecule has 0 aliphatic carbocycles. The third-order valence-corrected chi connectivity index (χ3v) is 11.6. The molecule has 3 aromatic carbocycles. The summed E-state index contributed by atoms with van der Waals surface area (Å²) in [6.07, 6.45) is 2.99. The number of aromatic nitrogens is 5. The van der Waals surface area contributed by atoms with E-state index in [1.807, 2.05) is 50.0 Å². The average Bonchev–Trinajstić information content (AvgIpc) is 3.70. The minimum Gasteiger partial charge on any atom is -0.493 e. The zero-order valence-electron chi connectivity index (χ0n) is 28.5. The van der Waals surface area contributed by atoms with Crippen molar-refractivity contribution in [1.82, 2.24) is 29.0 Å². The molecule has 3 aromatic heterocycles. The maximum Gasteiger partial charge on any atom is 0.352 e. The van der Waals surface area contributed by atoms with Crippen LogP contribution in [0.2, 0.25) is 5.02 Å². The van der Waals surface area contributed by atoms with Gasteiger partial charge in [-0.25, -0.2) is 9.18 Å². The Morgan fingerprint density at radius 3 is 2.68 bits per heavy atom. The van der Waals surface area contributed by atoms with Gasteiger partial charge in [0.1, 0.15) is 17.3 Å². The van der Waals surface area contributed by atoms with Crippen molar-refractivity contribution in [2.45, 2.75) is 62.4 Å². The third kappa shape index (κ3) is 5.56. The second-order valence-electron chi connectivity index (χ2n) is 13.4. The Morgan fingerprint density at radius 1 is 1.04 bits per heavy atom. The molecule has 0 saturated carbocycles. The molecule has 0 spiro atoms. The summed E-state index contributed by atoms with van der Waals surface area (Å²) in [5.74, 6) is 0.0621. The van der Waals surface area contributed by atoms with Gasteiger partial charge in [-0.3, -0.25) is 14.3 Å². The van der Waals surface area contributed by atoms with Gasteiger partial charge >= 0.3 is 5.97 Å². The maximum absolute atomic E-state index is 14.4. The zero-order chi connectivity index (χ0) is 34.8. The summed E-state index contributed by atoms with van der Waals surface area (Å²) in [5.41, 5.74) is 7.57. The Morgan fingerprint density at radius 2 is 1.86 bits per heavy atom. The Kier molecular flexibility index (Phi) is 8.40. The molecule has 1 N–H and O–H groups in total. The van der Waals surface area contributed by atoms with Crippen molar-refractivity contribution in [3.63, 3.8) is 0 Å². The summed E-state index contributed by atoms with van der Waals surface area (Å²) in [4.78, 5) is 16.2. The van der Waals surface area contributed by atoms with Gasteiger partial charge in [0.2, 0.25) is 0 Å². The molecule has 0 fully saturated rings. The van der Waals surface area contributed by atoms with Crippen LogP contribution in [-0.4, -0.2) is 53.8 Å². The number of carboxylic acids is 1. The second-order valence-corrected chi connectivity index (χ2v) is 14.9. The van der Waals surface area contributed by atoms with Crippen LogP contribution in [0.5, 0.6) is 5.75 Å². The van der Waals surface area contributed by atoms with Crippen LogP contribution in [0.1, 0.15) is 64.1 Å². The second kappa shape index (κ2) is 12.8. The highest BCUT2D eigenvalue weighted by molar-refractivity contribution is 7.98. The number of nitrogens with zero attached hydrogens (tertiary/aromatic N) is 6. The molecule has 2 aliphatic heterocycles. The summed E-state index contributed by atoms with van der Waals surface area (Å²) in [6, 6.07) is 14.8. The SMILES string of the molecule is Cc1nn2c3c1-c1c(Cl)ccc4c(c(C(=O)O)n(C)c14)CCCOc1cc(cc4cc(F)ccc14)SCc1cc(nn1C)CN(C)C3CCC2. The van der Waals surface area contributed by atoms with Crippen molar-refractivity contribution in [1.29, 1.82) is 0 Å². The Balaban J connectivity index is 1.30. The Hall–Kier alpha value is -4.32. The topological polar surface area (TPSA) is 90.3 Å². The van der Waals surface area contributed by atoms with Gasteiger partial charge in [0.25, 0.3) is 0 Å². The van der Waals surface area contributed by atoms with E-state index < -0.39 is 5.97 Å². The molecule has 6 aromatic rings. The Labute approximate surface area is 298 Å². The van der Waals surface area contributed by atoms with Gasteiger partial charge < -0.3 is 14.4 Å². The number of rotatable bonds is 1. The average molecular weight is 713 g/mol. The molecule has 1 unspecified atom stereocenters. The molecule has 1 atom stereocenters. The molecule has 9 nitrogen and oxygen atoms in total. The first-order valence-corrected chi connectivity index (χ1v) is 18.3. The fourth-order valence-corrected chi connectivity index (χ4v) is 9.23. The molecule has 2 aliphatic rings. The third-order valence-electron chi connectivity index (χ3n) is 10.2. The summed E-state index contributed by atoms with van der Waals surface area (Å²) in [5, 5.41) is 23.5. The molecular formula is C38H38ClFN6O3S. The first-order valence-electron chi connectivity index (χ1n) is 16.9. The van der Waals surface area contributed by atoms with E-state index in [-0.39, 0.29) is 17.6 Å². The fourth-order valence-electron chi connectivity index (χ4n) is 8.00. The van der Waals surface area contributed by atoms with Crippen LogP contribution in [-0.2, 0) is 39.4 Å². The quantitative estimate of drug-likeness (QED) is 0.183. The molecule has 5 heterocycles. The molecular weight excluding hydrogens is 675 g/mol. The van der Waals surface area contributed by atoms with Crippen LogP contribution in [0.15, 0.2) is 53.4 Å². The number of halogens is 2. The largest absolute Gasteiger partial charge is 0.493 e. The van der Waals surface area contributed by atoms with Crippen molar-refractivity contribution in [3.05, 3.63) is 93.4 Å². The smallest absolute Gasteiger partial charge is 0.352 e. The fraction of sp³-hybridized carbons (Fsp3) is 0.342. The molecule has 0 saturated heterocycles. The predicted octanol–water partition coefficient (Wildman–Crippen LogP) is 8.31. The number of aryl methyl sites for hydroxylation is 5. The van der Waals surface area contributed by atoms with Crippen LogP contribution in [0, 0.1) is 12.7 Å². The van der Waals surface area contributed by atoms with E-state index >= 15 is 0 Å². The van der Waals surface area contributed by atoms with Gasteiger partial charge in [0.15, 0.2) is 0 Å². The molecule has 8 bridgehead atoms. The predicted molar refractivity (Wildman–Crippen MR) is 195 cm³/mol. The highest BCUT2D eigenvalue weighted by atomic mass is 35.5. The van der Waals surface area contributed by atoms with Crippen LogP contribution < -0.4 is 4.74 Å². The number of hydrogen-bond donors (Lipinski definition) is 1. The lowest BCUT2D eigenvalue weighted by Gasteiger charge is -2.32. The van der Waals surface area contributed by atoms with Gasteiger partial charge in [-0.15, -0.1) is 11.8 Å². The number of hydrogen-bond acceptors (Lipinski definition) is 6. The number of carbonyl (C=O) groups is 1. The standard InChI is InChI=1S/C38H38ClFN6O3S/c1-21-33-34-30(39)12-11-29-28(36(38(47)48)44(3)35(29)34)7-6-14-49-32-18-26(16-22-15-23(40)9-10-27(22)32)50-20-25-17-24(42-45(25)4)19-43(2)31-8-5-13-46(41-21)37(31)33/h9-12,15-18,31H,5-8,13-14,19-20H2,1-4H3,(H,47,48). The minimum atomic E-state index is -0.991. The molecule has 0 amide bonds. The van der Waals surface area contributed by atoms with Crippen LogP contribution >= 0.6 is 23.4 Å². The maximum atomic E-state index is 14.4. The van der Waals surface area contributed by atoms with Crippen LogP contribution in [0.3, 0.4) is 0 Å². The molecule has 0 radical (unpaired) electrons. The summed E-state index contributed by atoms with van der Waals surface area (Å²) in [7, 11) is 5.92. The van der Waals surface area contributed by atoms with Gasteiger partial charge in [0.05, 0.1) is 40.3 Å². The van der Waals surface area contributed by atoms with E-state index in [4.69, 9.17) is 26.5 Å². The van der Waals surface area contributed by atoms with Crippen molar-refractivity contribution in [2.24, 2.45) is 14.1 Å². The molecule has 258 valence electrons. The van der Waals surface area contributed by atoms with Gasteiger partial charge in [-0.1, -0.05) is 17.7 Å². The highest BCUT2D eigenvalue weighted by Crippen LogP contribution is 2.46. The first-order chi connectivity index (χ1) is 24.1. The number of ether oxygens (including phenoxy) is 1. The van der Waals surface area contributed by atoms with Gasteiger partial charge in [-0.2, -0.15) is 10.2 Å². The number of fused-ring (bicyclic) bond motifs is 7. The van der Waals surface area contributed by atoms with E-state index in [0.717, 1.165) is 85.4 Å². The summed E-state index contributed by atoms with van der Waals surface area (Å²) < 4.78 is 26.6. The van der Waals surface area contributed by atoms with Gasteiger partial charge in [-0.05, 0) is 93.1 Å². The van der Waals surface area contributed by atoms with E-state index in [0.29, 0.717) is 42.5 Å². The van der Waals surface area contributed by atoms with Crippen molar-refractivity contribution in [3.8, 4) is 16.9 Å². The normalized spacial score (nSPS) is 17.1. The van der Waals surface area contributed by atoms with Crippen LogP contribution in [0.4, 0.5) is 4.39 Å². The van der Waals surface area contributed by atoms with Crippen molar-refractivity contribution in [2.75, 3.05) is 13.7 Å². The lowest BCUT2D eigenvalue weighted by molar-refractivity contribution is 0.0685. The van der Waals surface area contributed by atoms with Crippen molar-refractivity contribution < 1.29 is 19.0 Å². The van der Waals surface area contributed by atoms with E-state index in [1.165, 1.54) is 12.1 Å². The van der Waals surface area contributed by atoms with E-state index in [1.54, 1.807) is 22.4 Å². The lowest BCUT2D eigenvalue weighted by atomic mass is 9.92. The minimum absolute atomic E-state index is 0.0486. The monoisotopic (exact) mass is 712 g/mol.